The highest BCUT2D eigenvalue weighted by Gasteiger charge is 2.18. The van der Waals surface area contributed by atoms with E-state index in [-0.39, 0.29) is 17.3 Å². The highest BCUT2D eigenvalue weighted by molar-refractivity contribution is 5.95. The summed E-state index contributed by atoms with van der Waals surface area (Å²) in [6.45, 7) is 8.22. The predicted molar refractivity (Wildman–Crippen MR) is 75.5 cm³/mol. The van der Waals surface area contributed by atoms with Crippen LogP contribution in [0.2, 0.25) is 0 Å². The van der Waals surface area contributed by atoms with Crippen LogP contribution >= 0.6 is 0 Å². The van der Waals surface area contributed by atoms with Crippen LogP contribution in [-0.4, -0.2) is 36.5 Å². The number of nitrogens with zero attached hydrogens (tertiary/aromatic N) is 1. The van der Waals surface area contributed by atoms with E-state index in [4.69, 9.17) is 5.73 Å². The summed E-state index contributed by atoms with van der Waals surface area (Å²) in [6, 6.07) is 1.53. The van der Waals surface area contributed by atoms with Crippen molar-refractivity contribution in [1.82, 2.24) is 10.2 Å². The Hall–Kier alpha value is -1.69. The first kappa shape index (κ1) is 16.4. The van der Waals surface area contributed by atoms with E-state index in [0.717, 1.165) is 25.2 Å². The number of hydrogen-bond donors (Lipinski definition) is 2. The van der Waals surface area contributed by atoms with Gasteiger partial charge in [-0.3, -0.25) is 4.79 Å². The van der Waals surface area contributed by atoms with E-state index in [1.54, 1.807) is 0 Å². The summed E-state index contributed by atoms with van der Waals surface area (Å²) in [4.78, 5) is 14.1. The van der Waals surface area contributed by atoms with Crippen LogP contribution in [0.1, 0.15) is 31.1 Å². The predicted octanol–water partition coefficient (Wildman–Crippen LogP) is 2.01. The lowest BCUT2D eigenvalue weighted by Crippen LogP contribution is -2.42. The molecule has 0 aromatic heterocycles. The third-order valence-corrected chi connectivity index (χ3v) is 3.11. The second kappa shape index (κ2) is 7.19. The van der Waals surface area contributed by atoms with Gasteiger partial charge in [0.25, 0.3) is 5.91 Å². The zero-order chi connectivity index (χ0) is 15.3. The van der Waals surface area contributed by atoms with E-state index >= 15 is 0 Å². The van der Waals surface area contributed by atoms with Crippen molar-refractivity contribution in [2.75, 3.05) is 25.4 Å². The number of nitrogens with two attached hydrogens (primary N) is 1. The van der Waals surface area contributed by atoms with Gasteiger partial charge in [-0.25, -0.2) is 8.78 Å². The van der Waals surface area contributed by atoms with E-state index in [9.17, 15) is 13.6 Å². The van der Waals surface area contributed by atoms with E-state index in [2.05, 4.69) is 10.2 Å². The third kappa shape index (κ3) is 4.16. The fourth-order valence-electron chi connectivity index (χ4n) is 1.99. The molecule has 1 atom stereocenters. The van der Waals surface area contributed by atoms with Crippen molar-refractivity contribution in [1.29, 1.82) is 0 Å². The van der Waals surface area contributed by atoms with Gasteiger partial charge in [0.1, 0.15) is 5.82 Å². The van der Waals surface area contributed by atoms with E-state index in [1.165, 1.54) is 0 Å². The maximum Gasteiger partial charge on any atom is 0.254 e. The van der Waals surface area contributed by atoms with Gasteiger partial charge in [0, 0.05) is 12.6 Å². The van der Waals surface area contributed by atoms with Crippen molar-refractivity contribution in [2.45, 2.75) is 26.8 Å². The molecule has 0 fully saturated rings. The van der Waals surface area contributed by atoms with Gasteiger partial charge in [0.15, 0.2) is 5.82 Å². The second-order valence-corrected chi connectivity index (χ2v) is 4.72. The molecule has 0 spiro atoms. The van der Waals surface area contributed by atoms with Crippen molar-refractivity contribution >= 4 is 11.6 Å². The number of amides is 1. The summed E-state index contributed by atoms with van der Waals surface area (Å²) in [5, 5.41) is 2.65. The Balaban J connectivity index is 2.76. The van der Waals surface area contributed by atoms with Gasteiger partial charge in [-0.2, -0.15) is 0 Å². The van der Waals surface area contributed by atoms with Gasteiger partial charge in [0.2, 0.25) is 0 Å². The average molecular weight is 285 g/mol. The zero-order valence-electron chi connectivity index (χ0n) is 12.0. The largest absolute Gasteiger partial charge is 0.396 e. The Labute approximate surface area is 117 Å². The molecule has 0 bridgehead atoms. The Morgan fingerprint density at radius 3 is 2.50 bits per heavy atom. The van der Waals surface area contributed by atoms with Crippen LogP contribution in [0.5, 0.6) is 0 Å². The van der Waals surface area contributed by atoms with Crippen molar-refractivity contribution in [3.05, 3.63) is 29.3 Å². The SMILES string of the molecule is CCN(CC)CC(C)NC(=O)c1cc(F)cc(N)c1F. The topological polar surface area (TPSA) is 58.4 Å². The molecule has 1 aromatic carbocycles. The first-order chi connectivity index (χ1) is 9.38. The van der Waals surface area contributed by atoms with Crippen LogP contribution in [0.15, 0.2) is 12.1 Å². The fraction of sp³-hybridized carbons (Fsp3) is 0.500. The molecule has 20 heavy (non-hydrogen) atoms. The smallest absolute Gasteiger partial charge is 0.254 e. The number of likely N-dealkylation sites (N-methyl/N-ethyl adjacent to an activating group) is 1. The summed E-state index contributed by atoms with van der Waals surface area (Å²) >= 11 is 0. The molecule has 0 aliphatic carbocycles. The third-order valence-electron chi connectivity index (χ3n) is 3.11. The minimum atomic E-state index is -0.890. The first-order valence-corrected chi connectivity index (χ1v) is 6.66. The zero-order valence-corrected chi connectivity index (χ0v) is 12.0. The summed E-state index contributed by atoms with van der Waals surface area (Å²) in [5.41, 5.74) is 4.57. The lowest BCUT2D eigenvalue weighted by atomic mass is 10.1. The molecular weight excluding hydrogens is 264 g/mol. The lowest BCUT2D eigenvalue weighted by Gasteiger charge is -2.23. The molecule has 0 aliphatic heterocycles. The second-order valence-electron chi connectivity index (χ2n) is 4.72. The summed E-state index contributed by atoms with van der Waals surface area (Å²) in [6.07, 6.45) is 0. The van der Waals surface area contributed by atoms with Gasteiger partial charge in [-0.15, -0.1) is 0 Å². The van der Waals surface area contributed by atoms with Gasteiger partial charge >= 0.3 is 0 Å². The highest BCUT2D eigenvalue weighted by atomic mass is 19.1. The molecule has 4 nitrogen and oxygen atoms in total. The number of rotatable bonds is 6. The maximum atomic E-state index is 13.7. The molecule has 0 aliphatic rings. The number of halogens is 2. The van der Waals surface area contributed by atoms with Crippen molar-refractivity contribution in [3.8, 4) is 0 Å². The Bertz CT molecular complexity index is 476. The van der Waals surface area contributed by atoms with Crippen molar-refractivity contribution < 1.29 is 13.6 Å². The molecule has 6 heteroatoms. The number of carbonyl (C=O) groups excluding carboxylic acids is 1. The fourth-order valence-corrected chi connectivity index (χ4v) is 1.99. The van der Waals surface area contributed by atoms with Gasteiger partial charge in [-0.05, 0) is 32.1 Å². The van der Waals surface area contributed by atoms with Crippen molar-refractivity contribution in [3.63, 3.8) is 0 Å². The minimum absolute atomic E-state index is 0.175. The highest BCUT2D eigenvalue weighted by Crippen LogP contribution is 2.17. The molecule has 0 heterocycles. The van der Waals surface area contributed by atoms with E-state index in [1.807, 2.05) is 20.8 Å². The van der Waals surface area contributed by atoms with E-state index in [0.29, 0.717) is 6.54 Å². The molecule has 112 valence electrons. The lowest BCUT2D eigenvalue weighted by molar-refractivity contribution is 0.0926. The molecule has 3 N–H and O–H groups in total. The van der Waals surface area contributed by atoms with Gasteiger partial charge in [-0.1, -0.05) is 13.8 Å². The number of hydrogen-bond acceptors (Lipinski definition) is 3. The van der Waals surface area contributed by atoms with Crippen molar-refractivity contribution in [2.24, 2.45) is 0 Å². The maximum absolute atomic E-state index is 13.7. The normalized spacial score (nSPS) is 12.5. The number of anilines is 1. The van der Waals surface area contributed by atoms with Gasteiger partial charge in [0.05, 0.1) is 11.3 Å². The monoisotopic (exact) mass is 285 g/mol. The molecule has 1 unspecified atom stereocenters. The van der Waals surface area contributed by atoms with Crippen LogP contribution in [0, 0.1) is 11.6 Å². The van der Waals surface area contributed by atoms with Crippen LogP contribution < -0.4 is 11.1 Å². The molecule has 0 radical (unpaired) electrons. The molecule has 1 rings (SSSR count). The first-order valence-electron chi connectivity index (χ1n) is 6.66. The number of nitrogens with one attached hydrogen (secondary N) is 1. The number of nitrogen functional groups attached to an aromatic ring is 1. The van der Waals surface area contributed by atoms with Gasteiger partial charge < -0.3 is 16.0 Å². The Morgan fingerprint density at radius 2 is 1.95 bits per heavy atom. The molecule has 1 aromatic rings. The molecule has 0 saturated heterocycles. The minimum Gasteiger partial charge on any atom is -0.396 e. The van der Waals surface area contributed by atoms with Crippen LogP contribution in [0.4, 0.5) is 14.5 Å². The quantitative estimate of drug-likeness (QED) is 0.786. The standard InChI is InChI=1S/C14H21F2N3O/c1-4-19(5-2)8-9(3)18-14(20)11-6-10(15)7-12(17)13(11)16/h6-7,9H,4-5,8,17H2,1-3H3,(H,18,20). The summed E-state index contributed by atoms with van der Waals surface area (Å²) in [5.74, 6) is -2.28. The number of carbonyl (C=O) groups is 1. The number of benzene rings is 1. The Kier molecular flexibility index (Phi) is 5.88. The van der Waals surface area contributed by atoms with Crippen LogP contribution in [0.3, 0.4) is 0 Å². The van der Waals surface area contributed by atoms with Crippen LogP contribution in [-0.2, 0) is 0 Å². The molecule has 0 saturated carbocycles. The summed E-state index contributed by atoms with van der Waals surface area (Å²) < 4.78 is 26.9. The molecule has 1 amide bonds. The Morgan fingerprint density at radius 1 is 1.35 bits per heavy atom. The average Bonchev–Trinajstić information content (AvgIpc) is 2.39. The van der Waals surface area contributed by atoms with E-state index < -0.39 is 17.5 Å². The molecular formula is C14H21F2N3O. The summed E-state index contributed by atoms with van der Waals surface area (Å²) in [7, 11) is 0. The van der Waals surface area contributed by atoms with Crippen LogP contribution in [0.25, 0.3) is 0 Å².